The van der Waals surface area contributed by atoms with Crippen LogP contribution in [0.3, 0.4) is 0 Å². The molecule has 0 radical (unpaired) electrons. The predicted octanol–water partition coefficient (Wildman–Crippen LogP) is 4.16. The SMILES string of the molecule is BrCC1CCC(OCc2ccccc2)CC1. The van der Waals surface area contributed by atoms with E-state index in [-0.39, 0.29) is 0 Å². The molecule has 0 aromatic heterocycles. The number of rotatable bonds is 4. The van der Waals surface area contributed by atoms with Crippen LogP contribution in [0.4, 0.5) is 0 Å². The molecule has 0 N–H and O–H groups in total. The average Bonchev–Trinajstić information content (AvgIpc) is 2.38. The van der Waals surface area contributed by atoms with Crippen LogP contribution in [0.1, 0.15) is 31.2 Å². The Labute approximate surface area is 106 Å². The summed E-state index contributed by atoms with van der Waals surface area (Å²) in [4.78, 5) is 0. The van der Waals surface area contributed by atoms with Gasteiger partial charge in [0.05, 0.1) is 12.7 Å². The van der Waals surface area contributed by atoms with Gasteiger partial charge >= 0.3 is 0 Å². The van der Waals surface area contributed by atoms with Crippen molar-refractivity contribution in [1.29, 1.82) is 0 Å². The summed E-state index contributed by atoms with van der Waals surface area (Å²) in [7, 11) is 0. The van der Waals surface area contributed by atoms with E-state index in [1.54, 1.807) is 0 Å². The van der Waals surface area contributed by atoms with Crippen molar-refractivity contribution in [1.82, 2.24) is 0 Å². The summed E-state index contributed by atoms with van der Waals surface area (Å²) in [5, 5.41) is 1.15. The summed E-state index contributed by atoms with van der Waals surface area (Å²) in [6.45, 7) is 0.768. The number of hydrogen-bond donors (Lipinski definition) is 0. The van der Waals surface area contributed by atoms with Gasteiger partial charge in [0, 0.05) is 5.33 Å². The van der Waals surface area contributed by atoms with Gasteiger partial charge < -0.3 is 4.74 Å². The molecule has 0 unspecified atom stereocenters. The molecule has 1 aliphatic carbocycles. The Morgan fingerprint density at radius 3 is 2.38 bits per heavy atom. The van der Waals surface area contributed by atoms with Crippen LogP contribution in [0.15, 0.2) is 30.3 Å². The zero-order chi connectivity index (χ0) is 11.2. The molecule has 2 heteroatoms. The van der Waals surface area contributed by atoms with Gasteiger partial charge in [-0.2, -0.15) is 0 Å². The van der Waals surface area contributed by atoms with Crippen molar-refractivity contribution in [2.75, 3.05) is 5.33 Å². The second kappa shape index (κ2) is 6.41. The minimum atomic E-state index is 0.482. The highest BCUT2D eigenvalue weighted by atomic mass is 79.9. The van der Waals surface area contributed by atoms with Crippen molar-refractivity contribution >= 4 is 15.9 Å². The maximum Gasteiger partial charge on any atom is 0.0720 e. The third-order valence-corrected chi connectivity index (χ3v) is 4.26. The highest BCUT2D eigenvalue weighted by Gasteiger charge is 2.20. The van der Waals surface area contributed by atoms with E-state index in [9.17, 15) is 0 Å². The van der Waals surface area contributed by atoms with E-state index in [0.717, 1.165) is 17.9 Å². The topological polar surface area (TPSA) is 9.23 Å². The Morgan fingerprint density at radius 2 is 1.75 bits per heavy atom. The first-order valence-corrected chi connectivity index (χ1v) is 7.22. The van der Waals surface area contributed by atoms with Crippen LogP contribution in [0.25, 0.3) is 0 Å². The van der Waals surface area contributed by atoms with Crippen molar-refractivity contribution in [2.45, 2.75) is 38.4 Å². The van der Waals surface area contributed by atoms with Crippen LogP contribution in [-0.4, -0.2) is 11.4 Å². The summed E-state index contributed by atoms with van der Waals surface area (Å²) < 4.78 is 5.95. The van der Waals surface area contributed by atoms with Crippen LogP contribution in [0, 0.1) is 5.92 Å². The predicted molar refractivity (Wildman–Crippen MR) is 70.8 cm³/mol. The number of benzene rings is 1. The van der Waals surface area contributed by atoms with E-state index in [0.29, 0.717) is 6.10 Å². The van der Waals surface area contributed by atoms with E-state index in [4.69, 9.17) is 4.74 Å². The van der Waals surface area contributed by atoms with E-state index in [1.165, 1.54) is 31.2 Å². The second-order valence-corrected chi connectivity index (χ2v) is 5.24. The Balaban J connectivity index is 1.72. The molecule has 88 valence electrons. The molecule has 1 fully saturated rings. The van der Waals surface area contributed by atoms with Crippen LogP contribution in [0.5, 0.6) is 0 Å². The number of hydrogen-bond acceptors (Lipinski definition) is 1. The molecule has 0 saturated heterocycles. The first-order valence-electron chi connectivity index (χ1n) is 6.10. The molecule has 1 nitrogen and oxygen atoms in total. The fourth-order valence-electron chi connectivity index (χ4n) is 2.24. The fourth-order valence-corrected chi connectivity index (χ4v) is 2.89. The van der Waals surface area contributed by atoms with Crippen molar-refractivity contribution in [2.24, 2.45) is 5.92 Å². The van der Waals surface area contributed by atoms with Crippen molar-refractivity contribution in [3.63, 3.8) is 0 Å². The number of alkyl halides is 1. The van der Waals surface area contributed by atoms with Crippen molar-refractivity contribution < 1.29 is 4.74 Å². The first kappa shape index (κ1) is 12.1. The summed E-state index contributed by atoms with van der Waals surface area (Å²) in [5.41, 5.74) is 1.28. The molecule has 0 aliphatic heterocycles. The monoisotopic (exact) mass is 282 g/mol. The van der Waals surface area contributed by atoms with Gasteiger partial charge in [0.2, 0.25) is 0 Å². The lowest BCUT2D eigenvalue weighted by Gasteiger charge is -2.27. The van der Waals surface area contributed by atoms with Crippen LogP contribution < -0.4 is 0 Å². The summed E-state index contributed by atoms with van der Waals surface area (Å²) in [5.74, 6) is 0.872. The molecule has 0 heterocycles. The molecule has 1 aliphatic rings. The maximum atomic E-state index is 5.95. The van der Waals surface area contributed by atoms with Crippen molar-refractivity contribution in [3.8, 4) is 0 Å². The van der Waals surface area contributed by atoms with Gasteiger partial charge in [0.15, 0.2) is 0 Å². The lowest BCUT2D eigenvalue weighted by molar-refractivity contribution is 0.00927. The van der Waals surface area contributed by atoms with E-state index in [1.807, 2.05) is 6.07 Å². The van der Waals surface area contributed by atoms with Crippen LogP contribution >= 0.6 is 15.9 Å². The standard InChI is InChI=1S/C14H19BrO/c15-10-12-6-8-14(9-7-12)16-11-13-4-2-1-3-5-13/h1-5,12,14H,6-11H2. The Morgan fingerprint density at radius 1 is 1.06 bits per heavy atom. The van der Waals surface area contributed by atoms with Gasteiger partial charge in [0.25, 0.3) is 0 Å². The molecule has 1 aromatic carbocycles. The average molecular weight is 283 g/mol. The van der Waals surface area contributed by atoms with Gasteiger partial charge in [-0.15, -0.1) is 0 Å². The fraction of sp³-hybridized carbons (Fsp3) is 0.571. The molecule has 1 aromatic rings. The summed E-state index contributed by atoms with van der Waals surface area (Å²) in [6.07, 6.45) is 5.55. The minimum absolute atomic E-state index is 0.482. The first-order chi connectivity index (χ1) is 7.88. The Bertz CT molecular complexity index is 291. The van der Waals surface area contributed by atoms with Crippen LogP contribution in [0.2, 0.25) is 0 Å². The van der Waals surface area contributed by atoms with Crippen LogP contribution in [-0.2, 0) is 11.3 Å². The number of halogens is 1. The zero-order valence-corrected chi connectivity index (χ0v) is 11.2. The third kappa shape index (κ3) is 3.60. The highest BCUT2D eigenvalue weighted by molar-refractivity contribution is 9.09. The number of ether oxygens (including phenoxy) is 1. The van der Waals surface area contributed by atoms with Gasteiger partial charge in [-0.25, -0.2) is 0 Å². The largest absolute Gasteiger partial charge is 0.374 e. The molecule has 0 atom stereocenters. The lowest BCUT2D eigenvalue weighted by Crippen LogP contribution is -2.22. The third-order valence-electron chi connectivity index (χ3n) is 3.34. The van der Waals surface area contributed by atoms with Gasteiger partial charge in [-0.3, -0.25) is 0 Å². The quantitative estimate of drug-likeness (QED) is 0.754. The van der Waals surface area contributed by atoms with E-state index in [2.05, 4.69) is 40.2 Å². The molecular weight excluding hydrogens is 264 g/mol. The van der Waals surface area contributed by atoms with Gasteiger partial charge in [-0.1, -0.05) is 46.3 Å². The second-order valence-electron chi connectivity index (χ2n) is 4.59. The van der Waals surface area contributed by atoms with E-state index >= 15 is 0 Å². The smallest absolute Gasteiger partial charge is 0.0720 e. The van der Waals surface area contributed by atoms with Crippen molar-refractivity contribution in [3.05, 3.63) is 35.9 Å². The van der Waals surface area contributed by atoms with Gasteiger partial charge in [-0.05, 0) is 37.2 Å². The lowest BCUT2D eigenvalue weighted by atomic mass is 9.89. The maximum absolute atomic E-state index is 5.95. The molecule has 1 saturated carbocycles. The molecule has 0 amide bonds. The Kier molecular flexibility index (Phi) is 4.86. The highest BCUT2D eigenvalue weighted by Crippen LogP contribution is 2.27. The molecule has 0 bridgehead atoms. The van der Waals surface area contributed by atoms with Gasteiger partial charge in [0.1, 0.15) is 0 Å². The minimum Gasteiger partial charge on any atom is -0.374 e. The molecule has 0 spiro atoms. The molecule has 2 rings (SSSR count). The molecule has 16 heavy (non-hydrogen) atoms. The molecular formula is C14H19BrO. The Hall–Kier alpha value is -0.340. The normalized spacial score (nSPS) is 25.6. The van der Waals surface area contributed by atoms with E-state index < -0.39 is 0 Å². The zero-order valence-electron chi connectivity index (χ0n) is 9.57. The summed E-state index contributed by atoms with van der Waals surface area (Å²) >= 11 is 3.57. The summed E-state index contributed by atoms with van der Waals surface area (Å²) in [6, 6.07) is 10.4.